The maximum absolute atomic E-state index is 11.8. The number of alkyl halides is 3. The number of nitrogens with zero attached hydrogens (tertiary/aromatic N) is 1. The zero-order chi connectivity index (χ0) is 13.1. The van der Waals surface area contributed by atoms with E-state index >= 15 is 0 Å². The van der Waals surface area contributed by atoms with E-state index < -0.39 is 22.8 Å². The van der Waals surface area contributed by atoms with Gasteiger partial charge in [-0.3, -0.25) is 4.72 Å². The predicted molar refractivity (Wildman–Crippen MR) is 54.3 cm³/mol. The second kappa shape index (κ2) is 4.78. The molecule has 0 saturated heterocycles. The summed E-state index contributed by atoms with van der Waals surface area (Å²) in [4.78, 5) is 3.52. The van der Waals surface area contributed by atoms with Gasteiger partial charge in [0.05, 0.1) is 18.1 Å². The fourth-order valence-electron chi connectivity index (χ4n) is 0.896. The van der Waals surface area contributed by atoms with E-state index in [2.05, 4.69) is 14.4 Å². The van der Waals surface area contributed by atoms with Crippen LogP contribution in [0.2, 0.25) is 0 Å². The second-order valence-corrected chi connectivity index (χ2v) is 4.91. The molecular formula is C8H9F3N2O3S. The Balaban J connectivity index is 2.63. The van der Waals surface area contributed by atoms with Crippen LogP contribution in [-0.4, -0.2) is 32.4 Å². The smallest absolute Gasteiger partial charge is 0.422 e. The summed E-state index contributed by atoms with van der Waals surface area (Å²) in [5.74, 6) is -0.235. The number of sulfonamides is 1. The van der Waals surface area contributed by atoms with Crippen molar-refractivity contribution in [2.24, 2.45) is 0 Å². The van der Waals surface area contributed by atoms with Gasteiger partial charge in [0.25, 0.3) is 0 Å². The highest BCUT2D eigenvalue weighted by atomic mass is 32.2. The minimum Gasteiger partial charge on any atom is -0.468 e. The standard InChI is InChI=1S/C8H9F3N2O3S/c1-17(14,15)13-6-2-3-7(12-4-6)16-5-8(9,10)11/h2-4,13H,5H2,1H3. The van der Waals surface area contributed by atoms with E-state index in [0.29, 0.717) is 0 Å². The highest BCUT2D eigenvalue weighted by Gasteiger charge is 2.28. The molecule has 0 aliphatic carbocycles. The van der Waals surface area contributed by atoms with Crippen LogP contribution in [0.3, 0.4) is 0 Å². The fraction of sp³-hybridized carbons (Fsp3) is 0.375. The van der Waals surface area contributed by atoms with E-state index in [1.165, 1.54) is 6.07 Å². The first-order chi connectivity index (χ1) is 7.66. The van der Waals surface area contributed by atoms with Gasteiger partial charge in [-0.25, -0.2) is 13.4 Å². The van der Waals surface area contributed by atoms with Gasteiger partial charge in [0.2, 0.25) is 15.9 Å². The Hall–Kier alpha value is -1.51. The summed E-state index contributed by atoms with van der Waals surface area (Å²) in [5.41, 5.74) is 0.145. The van der Waals surface area contributed by atoms with Crippen LogP contribution in [-0.2, 0) is 10.0 Å². The third-order valence-electron chi connectivity index (χ3n) is 1.42. The van der Waals surface area contributed by atoms with E-state index in [1.807, 2.05) is 0 Å². The molecule has 9 heteroatoms. The summed E-state index contributed by atoms with van der Waals surface area (Å²) in [7, 11) is -3.44. The summed E-state index contributed by atoms with van der Waals surface area (Å²) >= 11 is 0. The summed E-state index contributed by atoms with van der Waals surface area (Å²) in [6.07, 6.45) is -2.43. The summed E-state index contributed by atoms with van der Waals surface area (Å²) in [5, 5.41) is 0. The minimum absolute atomic E-state index is 0.145. The average Bonchev–Trinajstić information content (AvgIpc) is 2.13. The van der Waals surface area contributed by atoms with Gasteiger partial charge in [0.1, 0.15) is 0 Å². The molecule has 1 heterocycles. The first-order valence-electron chi connectivity index (χ1n) is 4.29. The third kappa shape index (κ3) is 5.95. The Kier molecular flexibility index (Phi) is 3.81. The lowest BCUT2D eigenvalue weighted by atomic mass is 10.4. The molecular weight excluding hydrogens is 261 g/mol. The van der Waals surface area contributed by atoms with Gasteiger partial charge >= 0.3 is 6.18 Å². The second-order valence-electron chi connectivity index (χ2n) is 3.16. The number of pyridine rings is 1. The number of rotatable bonds is 4. The zero-order valence-electron chi connectivity index (χ0n) is 8.65. The van der Waals surface area contributed by atoms with Crippen LogP contribution in [0.1, 0.15) is 0 Å². The van der Waals surface area contributed by atoms with Gasteiger partial charge in [-0.15, -0.1) is 0 Å². The van der Waals surface area contributed by atoms with Crippen LogP contribution in [0.15, 0.2) is 18.3 Å². The number of nitrogens with one attached hydrogen (secondary N) is 1. The summed E-state index contributed by atoms with van der Waals surface area (Å²) < 4.78 is 63.5. The molecule has 0 unspecified atom stereocenters. The molecule has 0 aromatic carbocycles. The quantitative estimate of drug-likeness (QED) is 0.897. The highest BCUT2D eigenvalue weighted by molar-refractivity contribution is 7.92. The molecule has 0 aliphatic rings. The average molecular weight is 270 g/mol. The first-order valence-corrected chi connectivity index (χ1v) is 6.18. The Labute approximate surface area is 95.7 Å². The van der Waals surface area contributed by atoms with Crippen molar-refractivity contribution in [3.05, 3.63) is 18.3 Å². The van der Waals surface area contributed by atoms with Crippen molar-refractivity contribution in [3.8, 4) is 5.88 Å². The van der Waals surface area contributed by atoms with Gasteiger partial charge in [0, 0.05) is 6.07 Å². The van der Waals surface area contributed by atoms with Gasteiger partial charge in [-0.05, 0) is 6.07 Å². The monoisotopic (exact) mass is 270 g/mol. The van der Waals surface area contributed by atoms with E-state index in [1.54, 1.807) is 0 Å². The van der Waals surface area contributed by atoms with Crippen molar-refractivity contribution in [1.82, 2.24) is 4.98 Å². The summed E-state index contributed by atoms with van der Waals surface area (Å²) in [6.45, 7) is -1.45. The van der Waals surface area contributed by atoms with Crippen LogP contribution >= 0.6 is 0 Å². The Bertz CT molecular complexity index is 470. The van der Waals surface area contributed by atoms with Crippen LogP contribution in [0, 0.1) is 0 Å². The molecule has 0 spiro atoms. The van der Waals surface area contributed by atoms with Crippen molar-refractivity contribution in [3.63, 3.8) is 0 Å². The van der Waals surface area contributed by atoms with Gasteiger partial charge in [-0.2, -0.15) is 13.2 Å². The van der Waals surface area contributed by atoms with Gasteiger partial charge in [0.15, 0.2) is 6.61 Å². The maximum atomic E-state index is 11.8. The first kappa shape index (κ1) is 13.6. The van der Waals surface area contributed by atoms with E-state index in [0.717, 1.165) is 18.5 Å². The molecule has 0 fully saturated rings. The molecule has 0 bridgehead atoms. The topological polar surface area (TPSA) is 68.3 Å². The predicted octanol–water partition coefficient (Wildman–Crippen LogP) is 1.39. The number of anilines is 1. The lowest BCUT2D eigenvalue weighted by molar-refractivity contribution is -0.154. The Morgan fingerprint density at radius 3 is 2.47 bits per heavy atom. The van der Waals surface area contributed by atoms with Gasteiger partial charge < -0.3 is 4.74 Å². The molecule has 0 amide bonds. The van der Waals surface area contributed by atoms with Crippen molar-refractivity contribution < 1.29 is 26.3 Å². The molecule has 5 nitrogen and oxygen atoms in total. The van der Waals surface area contributed by atoms with E-state index in [-0.39, 0.29) is 11.6 Å². The Morgan fingerprint density at radius 1 is 1.41 bits per heavy atom. The lowest BCUT2D eigenvalue weighted by Gasteiger charge is -2.08. The fourth-order valence-corrected chi connectivity index (χ4v) is 1.44. The van der Waals surface area contributed by atoms with E-state index in [4.69, 9.17) is 0 Å². The van der Waals surface area contributed by atoms with Crippen LogP contribution in [0.25, 0.3) is 0 Å². The number of hydrogen-bond acceptors (Lipinski definition) is 4. The molecule has 0 atom stereocenters. The lowest BCUT2D eigenvalue weighted by Crippen LogP contribution is -2.19. The zero-order valence-corrected chi connectivity index (χ0v) is 9.47. The number of hydrogen-bond donors (Lipinski definition) is 1. The van der Waals surface area contributed by atoms with Crippen molar-refractivity contribution in [2.45, 2.75) is 6.18 Å². The molecule has 17 heavy (non-hydrogen) atoms. The van der Waals surface area contributed by atoms with Crippen molar-refractivity contribution in [2.75, 3.05) is 17.6 Å². The van der Waals surface area contributed by atoms with Crippen LogP contribution in [0.4, 0.5) is 18.9 Å². The maximum Gasteiger partial charge on any atom is 0.422 e. The number of halogens is 3. The minimum atomic E-state index is -4.44. The van der Waals surface area contributed by atoms with Gasteiger partial charge in [-0.1, -0.05) is 0 Å². The largest absolute Gasteiger partial charge is 0.468 e. The molecule has 96 valence electrons. The van der Waals surface area contributed by atoms with Crippen LogP contribution < -0.4 is 9.46 Å². The molecule has 1 N–H and O–H groups in total. The molecule has 1 aromatic heterocycles. The van der Waals surface area contributed by atoms with Crippen LogP contribution in [0.5, 0.6) is 5.88 Å². The van der Waals surface area contributed by atoms with Crippen molar-refractivity contribution >= 4 is 15.7 Å². The molecule has 0 aliphatic heterocycles. The molecule has 0 radical (unpaired) electrons. The van der Waals surface area contributed by atoms with E-state index in [9.17, 15) is 21.6 Å². The molecule has 1 rings (SSSR count). The summed E-state index contributed by atoms with van der Waals surface area (Å²) in [6, 6.07) is 2.39. The molecule has 0 saturated carbocycles. The number of ether oxygens (including phenoxy) is 1. The molecule has 1 aromatic rings. The normalized spacial score (nSPS) is 12.2. The Morgan fingerprint density at radius 2 is 2.06 bits per heavy atom. The third-order valence-corrected chi connectivity index (χ3v) is 2.03. The number of aromatic nitrogens is 1. The van der Waals surface area contributed by atoms with Crippen molar-refractivity contribution in [1.29, 1.82) is 0 Å². The SMILES string of the molecule is CS(=O)(=O)Nc1ccc(OCC(F)(F)F)nc1. The highest BCUT2D eigenvalue weighted by Crippen LogP contribution is 2.18.